The van der Waals surface area contributed by atoms with Gasteiger partial charge < -0.3 is 5.32 Å². The fraction of sp³-hybridized carbons (Fsp3) is 0. The highest BCUT2D eigenvalue weighted by Gasteiger charge is 2.09. The molecule has 1 amide bonds. The zero-order chi connectivity index (χ0) is 13.0. The van der Waals surface area contributed by atoms with Crippen LogP contribution in [0.3, 0.4) is 0 Å². The molecule has 1 heterocycles. The highest BCUT2D eigenvalue weighted by Crippen LogP contribution is 2.16. The summed E-state index contributed by atoms with van der Waals surface area (Å²) in [5, 5.41) is 7.80. The van der Waals surface area contributed by atoms with Gasteiger partial charge >= 0.3 is 0 Å². The standard InChI is InChI=1S/C12H9IN2OS2/c13-8-4-1-2-5-9(8)14-12(17)15-11(16)10-6-3-7-18-10/h1-7H,(H2,14,15,16,17). The Bertz CT molecular complexity index is 569. The maximum Gasteiger partial charge on any atom is 0.267 e. The molecule has 18 heavy (non-hydrogen) atoms. The van der Waals surface area contributed by atoms with Crippen molar-refractivity contribution in [2.24, 2.45) is 0 Å². The first-order chi connectivity index (χ1) is 8.66. The van der Waals surface area contributed by atoms with Crippen LogP contribution in [0.25, 0.3) is 0 Å². The van der Waals surface area contributed by atoms with Crippen molar-refractivity contribution in [3.63, 3.8) is 0 Å². The van der Waals surface area contributed by atoms with Crippen LogP contribution in [-0.2, 0) is 0 Å². The number of hydrogen-bond acceptors (Lipinski definition) is 3. The Labute approximate surface area is 128 Å². The molecule has 92 valence electrons. The second kappa shape index (κ2) is 6.26. The Morgan fingerprint density at radius 1 is 1.22 bits per heavy atom. The number of benzene rings is 1. The highest BCUT2D eigenvalue weighted by atomic mass is 127. The number of thiocarbonyl (C=S) groups is 1. The molecule has 3 nitrogen and oxygen atoms in total. The fourth-order valence-electron chi connectivity index (χ4n) is 1.29. The van der Waals surface area contributed by atoms with Gasteiger partial charge in [-0.25, -0.2) is 0 Å². The lowest BCUT2D eigenvalue weighted by molar-refractivity contribution is 0.0981. The van der Waals surface area contributed by atoms with E-state index in [-0.39, 0.29) is 5.91 Å². The number of amides is 1. The summed E-state index contributed by atoms with van der Waals surface area (Å²) in [5.41, 5.74) is 0.884. The Balaban J connectivity index is 1.98. The molecule has 0 saturated heterocycles. The van der Waals surface area contributed by atoms with E-state index < -0.39 is 0 Å². The number of halogens is 1. The topological polar surface area (TPSA) is 41.1 Å². The number of anilines is 1. The third-order valence-corrected chi connectivity index (χ3v) is 4.11. The monoisotopic (exact) mass is 388 g/mol. The van der Waals surface area contributed by atoms with Gasteiger partial charge in [-0.3, -0.25) is 10.1 Å². The number of hydrogen-bond donors (Lipinski definition) is 2. The second-order valence-electron chi connectivity index (χ2n) is 3.37. The van der Waals surface area contributed by atoms with Crippen molar-refractivity contribution in [2.45, 2.75) is 0 Å². The molecule has 0 bridgehead atoms. The molecule has 2 aromatic rings. The molecule has 0 aliphatic carbocycles. The number of thiophene rings is 1. The van der Waals surface area contributed by atoms with Crippen LogP contribution in [0.2, 0.25) is 0 Å². The van der Waals surface area contributed by atoms with Gasteiger partial charge in [0, 0.05) is 3.57 Å². The Hall–Kier alpha value is -0.990. The minimum Gasteiger partial charge on any atom is -0.332 e. The Morgan fingerprint density at radius 3 is 2.67 bits per heavy atom. The van der Waals surface area contributed by atoms with Crippen LogP contribution in [0.15, 0.2) is 41.8 Å². The van der Waals surface area contributed by atoms with Crippen molar-refractivity contribution in [1.29, 1.82) is 0 Å². The minimum atomic E-state index is -0.187. The van der Waals surface area contributed by atoms with Crippen LogP contribution in [0, 0.1) is 3.57 Å². The van der Waals surface area contributed by atoms with Crippen molar-refractivity contribution in [3.8, 4) is 0 Å². The smallest absolute Gasteiger partial charge is 0.267 e. The average molecular weight is 388 g/mol. The van der Waals surface area contributed by atoms with Crippen molar-refractivity contribution in [2.75, 3.05) is 5.32 Å². The largest absolute Gasteiger partial charge is 0.332 e. The molecule has 0 spiro atoms. The summed E-state index contributed by atoms with van der Waals surface area (Å²) in [6.45, 7) is 0. The zero-order valence-corrected chi connectivity index (χ0v) is 12.9. The number of carbonyl (C=O) groups excluding carboxylic acids is 1. The first kappa shape index (κ1) is 13.4. The molecule has 0 unspecified atom stereocenters. The molecule has 0 saturated carbocycles. The van der Waals surface area contributed by atoms with Crippen LogP contribution >= 0.6 is 46.1 Å². The van der Waals surface area contributed by atoms with Crippen LogP contribution in [-0.4, -0.2) is 11.0 Å². The van der Waals surface area contributed by atoms with Gasteiger partial charge in [0.2, 0.25) is 0 Å². The summed E-state index contributed by atoms with van der Waals surface area (Å²) in [4.78, 5) is 12.4. The molecular formula is C12H9IN2OS2. The number of nitrogens with one attached hydrogen (secondary N) is 2. The van der Waals surface area contributed by atoms with Gasteiger partial charge in [-0.2, -0.15) is 0 Å². The first-order valence-electron chi connectivity index (χ1n) is 5.07. The van der Waals surface area contributed by atoms with Crippen molar-refractivity contribution >= 4 is 62.9 Å². The van der Waals surface area contributed by atoms with E-state index in [1.165, 1.54) is 11.3 Å². The molecule has 0 aliphatic rings. The number of rotatable bonds is 2. The van der Waals surface area contributed by atoms with E-state index in [0.717, 1.165) is 9.26 Å². The molecule has 1 aromatic heterocycles. The van der Waals surface area contributed by atoms with Gasteiger partial charge in [-0.05, 0) is 58.4 Å². The maximum absolute atomic E-state index is 11.8. The van der Waals surface area contributed by atoms with Crippen molar-refractivity contribution in [3.05, 3.63) is 50.2 Å². The Morgan fingerprint density at radius 2 is 2.00 bits per heavy atom. The third-order valence-electron chi connectivity index (χ3n) is 2.09. The van der Waals surface area contributed by atoms with Crippen LogP contribution in [0.5, 0.6) is 0 Å². The van der Waals surface area contributed by atoms with Gasteiger partial charge in [0.15, 0.2) is 5.11 Å². The van der Waals surface area contributed by atoms with Crippen LogP contribution in [0.4, 0.5) is 5.69 Å². The fourth-order valence-corrected chi connectivity index (χ4v) is 2.63. The third kappa shape index (κ3) is 3.50. The van der Waals surface area contributed by atoms with Gasteiger partial charge in [0.1, 0.15) is 0 Å². The lowest BCUT2D eigenvalue weighted by atomic mass is 10.3. The Kier molecular flexibility index (Phi) is 4.67. The number of carbonyl (C=O) groups is 1. The van der Waals surface area contributed by atoms with Gasteiger partial charge in [-0.15, -0.1) is 11.3 Å². The van der Waals surface area contributed by atoms with E-state index >= 15 is 0 Å². The van der Waals surface area contributed by atoms with Crippen LogP contribution in [0.1, 0.15) is 9.67 Å². The molecular weight excluding hydrogens is 379 g/mol. The molecule has 0 atom stereocenters. The first-order valence-corrected chi connectivity index (χ1v) is 7.44. The summed E-state index contributed by atoms with van der Waals surface area (Å²) >= 11 is 8.69. The van der Waals surface area contributed by atoms with E-state index in [1.54, 1.807) is 6.07 Å². The SMILES string of the molecule is O=C(NC(=S)Nc1ccccc1I)c1cccs1. The van der Waals surface area contributed by atoms with Gasteiger partial charge in [-0.1, -0.05) is 18.2 Å². The van der Waals surface area contributed by atoms with Gasteiger partial charge in [0.05, 0.1) is 10.6 Å². The summed E-state index contributed by atoms with van der Waals surface area (Å²) in [6, 6.07) is 11.3. The van der Waals surface area contributed by atoms with Crippen LogP contribution < -0.4 is 10.6 Å². The van der Waals surface area contributed by atoms with E-state index in [1.807, 2.05) is 35.7 Å². The molecule has 2 rings (SSSR count). The molecule has 0 fully saturated rings. The van der Waals surface area contributed by atoms with E-state index in [9.17, 15) is 4.79 Å². The summed E-state index contributed by atoms with van der Waals surface area (Å²) in [5.74, 6) is -0.187. The molecule has 0 radical (unpaired) electrons. The lowest BCUT2D eigenvalue weighted by Crippen LogP contribution is -2.33. The van der Waals surface area contributed by atoms with E-state index in [2.05, 4.69) is 33.2 Å². The predicted molar refractivity (Wildman–Crippen MR) is 87.2 cm³/mol. The molecule has 0 aliphatic heterocycles. The van der Waals surface area contributed by atoms with E-state index in [4.69, 9.17) is 12.2 Å². The molecule has 6 heteroatoms. The maximum atomic E-state index is 11.8. The van der Waals surface area contributed by atoms with E-state index in [0.29, 0.717) is 9.99 Å². The molecule has 1 aromatic carbocycles. The van der Waals surface area contributed by atoms with Crippen molar-refractivity contribution < 1.29 is 4.79 Å². The predicted octanol–water partition coefficient (Wildman–Crippen LogP) is 3.48. The number of para-hydroxylation sites is 1. The van der Waals surface area contributed by atoms with Gasteiger partial charge in [0.25, 0.3) is 5.91 Å². The lowest BCUT2D eigenvalue weighted by Gasteiger charge is -2.10. The second-order valence-corrected chi connectivity index (χ2v) is 5.88. The molecule has 2 N–H and O–H groups in total. The quantitative estimate of drug-likeness (QED) is 0.612. The minimum absolute atomic E-state index is 0.187. The van der Waals surface area contributed by atoms with Crippen molar-refractivity contribution in [1.82, 2.24) is 5.32 Å². The summed E-state index contributed by atoms with van der Waals surface area (Å²) < 4.78 is 1.04. The highest BCUT2D eigenvalue weighted by molar-refractivity contribution is 14.1. The average Bonchev–Trinajstić information content (AvgIpc) is 2.85. The normalized spacial score (nSPS) is 9.83. The zero-order valence-electron chi connectivity index (χ0n) is 9.14. The summed E-state index contributed by atoms with van der Waals surface area (Å²) in [6.07, 6.45) is 0. The summed E-state index contributed by atoms with van der Waals surface area (Å²) in [7, 11) is 0.